The smallest absolute Gasteiger partial charge is 0.0719 e. The van der Waals surface area contributed by atoms with Crippen LogP contribution in [0.25, 0.3) is 0 Å². The van der Waals surface area contributed by atoms with E-state index in [4.69, 9.17) is 16.3 Å². The molecule has 0 bridgehead atoms. The van der Waals surface area contributed by atoms with Gasteiger partial charge in [-0.15, -0.1) is 11.6 Å². The standard InChI is InChI=1S/C10H11ClO/c11-5-9-7-12-6-8-3-1-2-4-10(8)9/h1-4,9H,5-7H2. The molecule has 1 aromatic carbocycles. The fourth-order valence-corrected chi connectivity index (χ4v) is 1.85. The molecule has 2 rings (SSSR count). The number of rotatable bonds is 1. The summed E-state index contributed by atoms with van der Waals surface area (Å²) in [7, 11) is 0. The Kier molecular flexibility index (Phi) is 2.33. The number of alkyl halides is 1. The molecule has 0 fully saturated rings. The largest absolute Gasteiger partial charge is 0.376 e. The third-order valence-corrected chi connectivity index (χ3v) is 2.63. The van der Waals surface area contributed by atoms with E-state index in [2.05, 4.69) is 18.2 Å². The van der Waals surface area contributed by atoms with Gasteiger partial charge in [0.25, 0.3) is 0 Å². The van der Waals surface area contributed by atoms with E-state index in [-0.39, 0.29) is 0 Å². The van der Waals surface area contributed by atoms with Crippen molar-refractivity contribution in [2.75, 3.05) is 12.5 Å². The second-order valence-corrected chi connectivity index (χ2v) is 3.37. The Bertz CT molecular complexity index is 272. The fourth-order valence-electron chi connectivity index (χ4n) is 1.59. The van der Waals surface area contributed by atoms with Crippen LogP contribution in [0.3, 0.4) is 0 Å². The predicted octanol–water partition coefficient (Wildman–Crippen LogP) is 2.54. The van der Waals surface area contributed by atoms with Crippen LogP contribution in [0.2, 0.25) is 0 Å². The zero-order chi connectivity index (χ0) is 8.39. The van der Waals surface area contributed by atoms with E-state index in [1.165, 1.54) is 11.1 Å². The van der Waals surface area contributed by atoms with Crippen LogP contribution >= 0.6 is 11.6 Å². The van der Waals surface area contributed by atoms with Crippen molar-refractivity contribution in [1.29, 1.82) is 0 Å². The molecule has 0 aromatic heterocycles. The summed E-state index contributed by atoms with van der Waals surface area (Å²) in [5.74, 6) is 1.04. The van der Waals surface area contributed by atoms with Gasteiger partial charge in [0.15, 0.2) is 0 Å². The van der Waals surface area contributed by atoms with Gasteiger partial charge >= 0.3 is 0 Å². The maximum atomic E-state index is 5.83. The molecular weight excluding hydrogens is 172 g/mol. The maximum absolute atomic E-state index is 5.83. The third-order valence-electron chi connectivity index (χ3n) is 2.26. The Balaban J connectivity index is 2.37. The van der Waals surface area contributed by atoms with Crippen molar-refractivity contribution in [2.24, 2.45) is 0 Å². The topological polar surface area (TPSA) is 9.23 Å². The fraction of sp³-hybridized carbons (Fsp3) is 0.400. The van der Waals surface area contributed by atoms with Gasteiger partial charge in [0, 0.05) is 11.8 Å². The monoisotopic (exact) mass is 182 g/mol. The van der Waals surface area contributed by atoms with Crippen molar-refractivity contribution in [3.63, 3.8) is 0 Å². The molecule has 0 radical (unpaired) electrons. The molecule has 1 aliphatic heterocycles. The first-order valence-electron chi connectivity index (χ1n) is 4.13. The average molecular weight is 183 g/mol. The highest BCUT2D eigenvalue weighted by Crippen LogP contribution is 2.26. The van der Waals surface area contributed by atoms with Gasteiger partial charge in [-0.05, 0) is 11.1 Å². The molecule has 2 heteroatoms. The van der Waals surface area contributed by atoms with Crippen molar-refractivity contribution >= 4 is 11.6 Å². The number of halogens is 1. The van der Waals surface area contributed by atoms with Crippen LogP contribution in [-0.2, 0) is 11.3 Å². The second-order valence-electron chi connectivity index (χ2n) is 3.07. The molecule has 1 aliphatic rings. The minimum absolute atomic E-state index is 0.386. The van der Waals surface area contributed by atoms with E-state index in [9.17, 15) is 0 Å². The summed E-state index contributed by atoms with van der Waals surface area (Å²) < 4.78 is 5.42. The van der Waals surface area contributed by atoms with E-state index >= 15 is 0 Å². The highest BCUT2D eigenvalue weighted by molar-refractivity contribution is 6.18. The molecule has 0 amide bonds. The SMILES string of the molecule is ClCC1COCc2ccccc21. The predicted molar refractivity (Wildman–Crippen MR) is 49.6 cm³/mol. The first-order valence-corrected chi connectivity index (χ1v) is 4.67. The molecule has 0 aliphatic carbocycles. The summed E-state index contributed by atoms with van der Waals surface area (Å²) in [6.45, 7) is 1.50. The molecule has 12 heavy (non-hydrogen) atoms. The molecule has 0 saturated carbocycles. The summed E-state index contributed by atoms with van der Waals surface area (Å²) >= 11 is 5.83. The first kappa shape index (κ1) is 8.09. The summed E-state index contributed by atoms with van der Waals surface area (Å²) in [5, 5.41) is 0. The Morgan fingerprint density at radius 1 is 1.42 bits per heavy atom. The molecular formula is C10H11ClO. The van der Waals surface area contributed by atoms with Gasteiger partial charge in [-0.3, -0.25) is 0 Å². The normalized spacial score (nSPS) is 21.9. The summed E-state index contributed by atoms with van der Waals surface area (Å²) in [6.07, 6.45) is 0. The molecule has 1 heterocycles. The van der Waals surface area contributed by atoms with Crippen LogP contribution in [0.15, 0.2) is 24.3 Å². The lowest BCUT2D eigenvalue weighted by Crippen LogP contribution is -2.17. The number of ether oxygens (including phenoxy) is 1. The van der Waals surface area contributed by atoms with Gasteiger partial charge in [0.05, 0.1) is 13.2 Å². The lowest BCUT2D eigenvalue weighted by molar-refractivity contribution is 0.0958. The number of hydrogen-bond donors (Lipinski definition) is 0. The molecule has 1 unspecified atom stereocenters. The molecule has 0 N–H and O–H groups in total. The Morgan fingerprint density at radius 2 is 2.25 bits per heavy atom. The second kappa shape index (κ2) is 3.46. The van der Waals surface area contributed by atoms with E-state index < -0.39 is 0 Å². The van der Waals surface area contributed by atoms with Crippen LogP contribution in [0, 0.1) is 0 Å². The average Bonchev–Trinajstić information content (AvgIpc) is 2.17. The van der Waals surface area contributed by atoms with E-state index in [1.807, 2.05) is 6.07 Å². The van der Waals surface area contributed by atoms with Crippen molar-refractivity contribution in [1.82, 2.24) is 0 Å². The van der Waals surface area contributed by atoms with Crippen molar-refractivity contribution in [3.05, 3.63) is 35.4 Å². The van der Waals surface area contributed by atoms with Crippen LogP contribution in [0.5, 0.6) is 0 Å². The molecule has 0 saturated heterocycles. The minimum atomic E-state index is 0.386. The van der Waals surface area contributed by atoms with Crippen LogP contribution < -0.4 is 0 Å². The number of hydrogen-bond acceptors (Lipinski definition) is 1. The first-order chi connectivity index (χ1) is 5.92. The molecule has 1 nitrogen and oxygen atoms in total. The Labute approximate surface area is 77.3 Å². The maximum Gasteiger partial charge on any atom is 0.0719 e. The highest BCUT2D eigenvalue weighted by Gasteiger charge is 2.18. The van der Waals surface area contributed by atoms with Gasteiger partial charge in [-0.25, -0.2) is 0 Å². The number of fused-ring (bicyclic) bond motifs is 1. The quantitative estimate of drug-likeness (QED) is 0.607. The number of benzene rings is 1. The summed E-state index contributed by atoms with van der Waals surface area (Å²) in [6, 6.07) is 8.35. The van der Waals surface area contributed by atoms with Crippen LogP contribution in [0.1, 0.15) is 17.0 Å². The summed E-state index contributed by atoms with van der Waals surface area (Å²) in [4.78, 5) is 0. The zero-order valence-corrected chi connectivity index (χ0v) is 7.55. The minimum Gasteiger partial charge on any atom is -0.376 e. The lowest BCUT2D eigenvalue weighted by Gasteiger charge is -2.23. The Morgan fingerprint density at radius 3 is 3.08 bits per heavy atom. The van der Waals surface area contributed by atoms with Gasteiger partial charge in [0.2, 0.25) is 0 Å². The molecule has 1 atom stereocenters. The van der Waals surface area contributed by atoms with Gasteiger partial charge in [-0.1, -0.05) is 24.3 Å². The van der Waals surface area contributed by atoms with Crippen LogP contribution in [-0.4, -0.2) is 12.5 Å². The van der Waals surface area contributed by atoms with E-state index in [0.29, 0.717) is 11.8 Å². The highest BCUT2D eigenvalue weighted by atomic mass is 35.5. The lowest BCUT2D eigenvalue weighted by atomic mass is 9.95. The molecule has 64 valence electrons. The Hall–Kier alpha value is -0.530. The van der Waals surface area contributed by atoms with Crippen molar-refractivity contribution < 1.29 is 4.74 Å². The molecule has 0 spiro atoms. The molecule has 1 aromatic rings. The van der Waals surface area contributed by atoms with Gasteiger partial charge in [0.1, 0.15) is 0 Å². The van der Waals surface area contributed by atoms with E-state index in [0.717, 1.165) is 13.2 Å². The van der Waals surface area contributed by atoms with Crippen molar-refractivity contribution in [3.8, 4) is 0 Å². The van der Waals surface area contributed by atoms with Gasteiger partial charge in [-0.2, -0.15) is 0 Å². The van der Waals surface area contributed by atoms with Crippen LogP contribution in [0.4, 0.5) is 0 Å². The zero-order valence-electron chi connectivity index (χ0n) is 6.79. The van der Waals surface area contributed by atoms with Gasteiger partial charge < -0.3 is 4.74 Å². The van der Waals surface area contributed by atoms with Crippen molar-refractivity contribution in [2.45, 2.75) is 12.5 Å². The third kappa shape index (κ3) is 1.35. The van der Waals surface area contributed by atoms with E-state index in [1.54, 1.807) is 0 Å². The summed E-state index contributed by atoms with van der Waals surface area (Å²) in [5.41, 5.74) is 2.65.